The Bertz CT molecular complexity index is 442. The molecule has 1 aromatic rings. The second-order valence-electron chi connectivity index (χ2n) is 4.77. The number of ether oxygens (including phenoxy) is 1. The molecule has 0 amide bonds. The van der Waals surface area contributed by atoms with Gasteiger partial charge in [-0.25, -0.2) is 4.39 Å². The van der Waals surface area contributed by atoms with Crippen LogP contribution in [0, 0.1) is 12.7 Å². The first kappa shape index (κ1) is 12.8. The highest BCUT2D eigenvalue weighted by molar-refractivity contribution is 9.10. The lowest BCUT2D eigenvalue weighted by Gasteiger charge is -2.26. The molecule has 94 valence electrons. The summed E-state index contributed by atoms with van der Waals surface area (Å²) in [6.45, 7) is 1.92. The summed E-state index contributed by atoms with van der Waals surface area (Å²) in [5.74, 6) is -0.0638. The average Bonchev–Trinajstić information content (AvgIpc) is 2.72. The number of benzene rings is 1. The summed E-state index contributed by atoms with van der Waals surface area (Å²) in [5.41, 5.74) is 7.33. The van der Waals surface area contributed by atoms with Crippen molar-refractivity contribution in [2.45, 2.75) is 38.1 Å². The summed E-state index contributed by atoms with van der Waals surface area (Å²) >= 11 is 3.35. The van der Waals surface area contributed by atoms with Crippen LogP contribution in [0.1, 0.15) is 36.8 Å². The molecule has 2 rings (SSSR count). The van der Waals surface area contributed by atoms with Crippen molar-refractivity contribution in [2.24, 2.45) is 5.73 Å². The maximum Gasteiger partial charge on any atom is 0.171 e. The number of rotatable bonds is 2. The van der Waals surface area contributed by atoms with Crippen LogP contribution in [0.15, 0.2) is 10.5 Å². The first-order valence-corrected chi connectivity index (χ1v) is 6.61. The van der Waals surface area contributed by atoms with Gasteiger partial charge in [-0.15, -0.1) is 0 Å². The second kappa shape index (κ2) is 4.58. The normalized spacial score (nSPS) is 18.4. The third kappa shape index (κ3) is 2.08. The van der Waals surface area contributed by atoms with Gasteiger partial charge in [0.05, 0.1) is 11.6 Å². The summed E-state index contributed by atoms with van der Waals surface area (Å²) in [6, 6.07) is 1.84. The Morgan fingerprint density at radius 1 is 1.41 bits per heavy atom. The second-order valence-corrected chi connectivity index (χ2v) is 5.56. The van der Waals surface area contributed by atoms with E-state index in [-0.39, 0.29) is 11.6 Å². The third-order valence-corrected chi connectivity index (χ3v) is 4.56. The molecule has 0 saturated heterocycles. The van der Waals surface area contributed by atoms with E-state index in [0.29, 0.717) is 10.0 Å². The number of nitrogens with two attached hydrogens (primary N) is 1. The SMILES string of the molecule is COc1c(F)c(C2(N)CCCC2)cc(C)c1Br. The monoisotopic (exact) mass is 301 g/mol. The van der Waals surface area contributed by atoms with Crippen LogP contribution in [-0.4, -0.2) is 7.11 Å². The number of hydrogen-bond donors (Lipinski definition) is 1. The first-order chi connectivity index (χ1) is 7.99. The molecule has 0 atom stereocenters. The third-order valence-electron chi connectivity index (χ3n) is 3.58. The molecule has 1 aromatic carbocycles. The van der Waals surface area contributed by atoms with Gasteiger partial charge in [0.1, 0.15) is 0 Å². The van der Waals surface area contributed by atoms with Crippen LogP contribution in [-0.2, 0) is 5.54 Å². The molecule has 0 aliphatic heterocycles. The minimum absolute atomic E-state index is 0.261. The minimum Gasteiger partial charge on any atom is -0.492 e. The highest BCUT2D eigenvalue weighted by Crippen LogP contribution is 2.42. The van der Waals surface area contributed by atoms with E-state index in [1.807, 2.05) is 13.0 Å². The largest absolute Gasteiger partial charge is 0.492 e. The lowest BCUT2D eigenvalue weighted by Crippen LogP contribution is -2.34. The summed E-state index contributed by atoms with van der Waals surface area (Å²) < 4.78 is 20.2. The molecule has 0 unspecified atom stereocenters. The fourth-order valence-corrected chi connectivity index (χ4v) is 3.01. The smallest absolute Gasteiger partial charge is 0.171 e. The van der Waals surface area contributed by atoms with Gasteiger partial charge in [-0.1, -0.05) is 12.8 Å². The molecule has 4 heteroatoms. The maximum atomic E-state index is 14.4. The van der Waals surface area contributed by atoms with Crippen LogP contribution in [0.25, 0.3) is 0 Å². The van der Waals surface area contributed by atoms with Gasteiger partial charge in [-0.05, 0) is 47.3 Å². The van der Waals surface area contributed by atoms with E-state index in [4.69, 9.17) is 10.5 Å². The first-order valence-electron chi connectivity index (χ1n) is 5.81. The average molecular weight is 302 g/mol. The van der Waals surface area contributed by atoms with Crippen molar-refractivity contribution in [1.82, 2.24) is 0 Å². The standard InChI is InChI=1S/C13H17BrFNO/c1-8-7-9(13(16)5-3-4-6-13)11(15)12(17-2)10(8)14/h7H,3-6,16H2,1-2H3. The highest BCUT2D eigenvalue weighted by Gasteiger charge is 2.35. The molecule has 2 N–H and O–H groups in total. The van der Waals surface area contributed by atoms with Crippen molar-refractivity contribution in [3.05, 3.63) is 27.5 Å². The van der Waals surface area contributed by atoms with Crippen molar-refractivity contribution in [3.8, 4) is 5.75 Å². The van der Waals surface area contributed by atoms with E-state index >= 15 is 0 Å². The number of methoxy groups -OCH3 is 1. The summed E-state index contributed by atoms with van der Waals surface area (Å²) in [6.07, 6.45) is 3.81. The zero-order valence-electron chi connectivity index (χ0n) is 10.1. The molecule has 2 nitrogen and oxygen atoms in total. The highest BCUT2D eigenvalue weighted by atomic mass is 79.9. The molecule has 0 aromatic heterocycles. The number of halogens is 2. The Hall–Kier alpha value is -0.610. The van der Waals surface area contributed by atoms with E-state index in [9.17, 15) is 4.39 Å². The zero-order valence-corrected chi connectivity index (χ0v) is 11.7. The van der Waals surface area contributed by atoms with Gasteiger partial charge in [-0.3, -0.25) is 0 Å². The van der Waals surface area contributed by atoms with Crippen molar-refractivity contribution in [2.75, 3.05) is 7.11 Å². The quantitative estimate of drug-likeness (QED) is 0.905. The zero-order chi connectivity index (χ0) is 12.6. The molecule has 0 heterocycles. The Labute approximate surface area is 109 Å². The lowest BCUT2D eigenvalue weighted by atomic mass is 9.88. The van der Waals surface area contributed by atoms with Gasteiger partial charge >= 0.3 is 0 Å². The molecular weight excluding hydrogens is 285 g/mol. The van der Waals surface area contributed by atoms with Crippen LogP contribution in [0.2, 0.25) is 0 Å². The Balaban J connectivity index is 2.58. The van der Waals surface area contributed by atoms with Gasteiger partial charge in [0, 0.05) is 11.1 Å². The number of aryl methyl sites for hydroxylation is 1. The predicted molar refractivity (Wildman–Crippen MR) is 69.7 cm³/mol. The fourth-order valence-electron chi connectivity index (χ4n) is 2.56. The Morgan fingerprint density at radius 3 is 2.53 bits per heavy atom. The van der Waals surface area contributed by atoms with E-state index in [1.54, 1.807) is 0 Å². The lowest BCUT2D eigenvalue weighted by molar-refractivity contribution is 0.365. The molecule has 0 spiro atoms. The fraction of sp³-hybridized carbons (Fsp3) is 0.538. The van der Waals surface area contributed by atoms with E-state index < -0.39 is 5.54 Å². The van der Waals surface area contributed by atoms with Gasteiger partial charge < -0.3 is 10.5 Å². The van der Waals surface area contributed by atoms with Crippen LogP contribution >= 0.6 is 15.9 Å². The summed E-state index contributed by atoms with van der Waals surface area (Å²) in [5, 5.41) is 0. The minimum atomic E-state index is -0.525. The van der Waals surface area contributed by atoms with Crippen molar-refractivity contribution >= 4 is 15.9 Å². The molecule has 1 aliphatic rings. The van der Waals surface area contributed by atoms with Crippen molar-refractivity contribution in [1.29, 1.82) is 0 Å². The van der Waals surface area contributed by atoms with Crippen LogP contribution < -0.4 is 10.5 Å². The number of hydrogen-bond acceptors (Lipinski definition) is 2. The molecule has 1 fully saturated rings. The van der Waals surface area contributed by atoms with E-state index in [0.717, 1.165) is 31.2 Å². The molecule has 17 heavy (non-hydrogen) atoms. The van der Waals surface area contributed by atoms with Crippen LogP contribution in [0.5, 0.6) is 5.75 Å². The summed E-state index contributed by atoms with van der Waals surface area (Å²) in [7, 11) is 1.48. The predicted octanol–water partition coefficient (Wildman–Crippen LogP) is 3.63. The van der Waals surface area contributed by atoms with Crippen molar-refractivity contribution < 1.29 is 9.13 Å². The Morgan fingerprint density at radius 2 is 2.00 bits per heavy atom. The molecule has 1 saturated carbocycles. The Kier molecular flexibility index (Phi) is 3.46. The summed E-state index contributed by atoms with van der Waals surface area (Å²) in [4.78, 5) is 0. The molecule has 0 radical (unpaired) electrons. The van der Waals surface area contributed by atoms with Crippen LogP contribution in [0.4, 0.5) is 4.39 Å². The van der Waals surface area contributed by atoms with Gasteiger partial charge in [0.2, 0.25) is 0 Å². The van der Waals surface area contributed by atoms with Gasteiger partial charge in [-0.2, -0.15) is 0 Å². The van der Waals surface area contributed by atoms with Gasteiger partial charge in [0.25, 0.3) is 0 Å². The molecule has 0 bridgehead atoms. The maximum absolute atomic E-state index is 14.4. The molecule has 1 aliphatic carbocycles. The van der Waals surface area contributed by atoms with Crippen LogP contribution in [0.3, 0.4) is 0 Å². The molecular formula is C13H17BrFNO. The van der Waals surface area contributed by atoms with E-state index in [1.165, 1.54) is 7.11 Å². The van der Waals surface area contributed by atoms with Gasteiger partial charge in [0.15, 0.2) is 11.6 Å². The topological polar surface area (TPSA) is 35.2 Å². The van der Waals surface area contributed by atoms with Crippen molar-refractivity contribution in [3.63, 3.8) is 0 Å². The van der Waals surface area contributed by atoms with E-state index in [2.05, 4.69) is 15.9 Å².